The maximum atomic E-state index is 12.5. The van der Waals surface area contributed by atoms with E-state index in [1.165, 1.54) is 12.1 Å². The van der Waals surface area contributed by atoms with E-state index in [1.54, 1.807) is 48.5 Å². The quantitative estimate of drug-likeness (QED) is 0.522. The summed E-state index contributed by atoms with van der Waals surface area (Å²) in [4.78, 5) is 12.5. The van der Waals surface area contributed by atoms with Crippen LogP contribution in [0.5, 0.6) is 0 Å². The van der Waals surface area contributed by atoms with E-state index in [0.717, 1.165) is 6.42 Å². The molecule has 3 rings (SSSR count). The van der Waals surface area contributed by atoms with E-state index in [4.69, 9.17) is 0 Å². The van der Waals surface area contributed by atoms with Crippen molar-refractivity contribution in [1.82, 2.24) is 5.32 Å². The van der Waals surface area contributed by atoms with Gasteiger partial charge in [-0.05, 0) is 48.9 Å². The Morgan fingerprint density at radius 3 is 2.40 bits per heavy atom. The topological polar surface area (TPSA) is 75.3 Å². The van der Waals surface area contributed by atoms with Gasteiger partial charge in [0, 0.05) is 52.5 Å². The first-order valence-electron chi connectivity index (χ1n) is 9.07. The number of sulfonamides is 1. The van der Waals surface area contributed by atoms with Gasteiger partial charge in [0.15, 0.2) is 0 Å². The van der Waals surface area contributed by atoms with Crippen LogP contribution in [0.3, 0.4) is 0 Å². The molecule has 5 nitrogen and oxygen atoms in total. The summed E-state index contributed by atoms with van der Waals surface area (Å²) in [6, 6.07) is 14.5. The molecule has 7 heteroatoms. The van der Waals surface area contributed by atoms with E-state index in [0.29, 0.717) is 11.4 Å². The molecule has 2 N–H and O–H groups in total. The Bertz CT molecular complexity index is 1010. The molecule has 0 spiro atoms. The minimum absolute atomic E-state index is 0. The maximum Gasteiger partial charge on any atom is 0.261 e. The summed E-state index contributed by atoms with van der Waals surface area (Å²) in [5, 5.41) is 2.77. The van der Waals surface area contributed by atoms with E-state index in [1.807, 2.05) is 38.2 Å². The van der Waals surface area contributed by atoms with Gasteiger partial charge < -0.3 is 12.7 Å². The van der Waals surface area contributed by atoms with Gasteiger partial charge in [0.05, 0.1) is 4.90 Å². The Morgan fingerprint density at radius 1 is 1.00 bits per heavy atom. The zero-order valence-electron chi connectivity index (χ0n) is 17.5. The van der Waals surface area contributed by atoms with Gasteiger partial charge in [-0.3, -0.25) is 9.52 Å². The van der Waals surface area contributed by atoms with Gasteiger partial charge in [-0.2, -0.15) is 0 Å². The summed E-state index contributed by atoms with van der Waals surface area (Å²) in [7, 11) is -3.78. The van der Waals surface area contributed by atoms with Gasteiger partial charge in [0.2, 0.25) is 0 Å². The molecule has 2 aromatic rings. The van der Waals surface area contributed by atoms with Crippen LogP contribution in [0.25, 0.3) is 0 Å². The number of carbonyl (C=O) groups is 1. The standard InChI is InChI=1S/C20H18N2O3S.C2H6.CH3.Y.2H2/c23-20(21-17-10-4-1-2-5-11-17)16-9-8-14-19(15-16)26(24,25)22-18-12-6-3-7-13-18;1-2;;;;/h1,3-15,22H,2H2,(H,21,23);1-2H3;1H3;;2*1H/q;;-1;;;. The van der Waals surface area contributed by atoms with E-state index in [9.17, 15) is 13.2 Å². The molecule has 0 heterocycles. The van der Waals surface area contributed by atoms with Crippen LogP contribution in [0.2, 0.25) is 0 Å². The Morgan fingerprint density at radius 2 is 1.70 bits per heavy atom. The maximum absolute atomic E-state index is 12.5. The molecule has 0 saturated carbocycles. The molecule has 30 heavy (non-hydrogen) atoms. The van der Waals surface area contributed by atoms with Crippen LogP contribution in [0.1, 0.15) is 33.5 Å². The minimum atomic E-state index is -3.78. The molecule has 1 radical (unpaired) electrons. The molecule has 0 fully saturated rings. The normalized spacial score (nSPS) is 12.0. The molecule has 2 aromatic carbocycles. The fourth-order valence-electron chi connectivity index (χ4n) is 2.39. The molecular formula is C23H31N2O3SY-. The third-order valence-corrected chi connectivity index (χ3v) is 5.05. The predicted molar refractivity (Wildman–Crippen MR) is 124 cm³/mol. The summed E-state index contributed by atoms with van der Waals surface area (Å²) in [6.45, 7) is 4.00. The number of benzene rings is 2. The van der Waals surface area contributed by atoms with E-state index < -0.39 is 10.0 Å². The minimum Gasteiger partial charge on any atom is -0.358 e. The van der Waals surface area contributed by atoms with Crippen molar-refractivity contribution >= 4 is 21.6 Å². The molecule has 0 bridgehead atoms. The predicted octanol–water partition coefficient (Wildman–Crippen LogP) is 5.58. The Hall–Kier alpha value is -2.02. The van der Waals surface area contributed by atoms with Gasteiger partial charge in [0.1, 0.15) is 0 Å². The van der Waals surface area contributed by atoms with Gasteiger partial charge in [0.25, 0.3) is 15.9 Å². The molecular weight excluding hydrogens is 473 g/mol. The Labute approximate surface area is 208 Å². The monoisotopic (exact) mass is 504 g/mol. The fraction of sp³-hybridized carbons (Fsp3) is 0.130. The second kappa shape index (κ2) is 14.1. The number of anilines is 1. The van der Waals surface area contributed by atoms with Crippen molar-refractivity contribution < 1.29 is 48.8 Å². The number of allylic oxidation sites excluding steroid dienone is 5. The van der Waals surface area contributed by atoms with Crippen molar-refractivity contribution in [1.29, 1.82) is 0 Å². The first-order chi connectivity index (χ1) is 13.5. The van der Waals surface area contributed by atoms with Gasteiger partial charge in [-0.1, -0.05) is 56.3 Å². The van der Waals surface area contributed by atoms with Crippen LogP contribution < -0.4 is 10.0 Å². The number of carbonyl (C=O) groups excluding carboxylic acids is 1. The van der Waals surface area contributed by atoms with Crippen LogP contribution in [-0.4, -0.2) is 14.3 Å². The van der Waals surface area contributed by atoms with E-state index in [2.05, 4.69) is 10.0 Å². The van der Waals surface area contributed by atoms with Crippen molar-refractivity contribution in [3.63, 3.8) is 0 Å². The third kappa shape index (κ3) is 8.38. The SMILES string of the molecule is CC.O=C(NC1=CC=CCC=C1)c1cccc(S(=O)(=O)Nc2ccccc2)c1.[CH3-].[HH].[HH].[Y]. The average Bonchev–Trinajstić information content (AvgIpc) is 2.99. The molecule has 0 unspecified atom stereocenters. The van der Waals surface area contributed by atoms with Crippen LogP contribution >= 0.6 is 0 Å². The average molecular weight is 504 g/mol. The number of nitrogens with one attached hydrogen (secondary N) is 2. The van der Waals surface area contributed by atoms with Gasteiger partial charge >= 0.3 is 0 Å². The Kier molecular flexibility index (Phi) is 13.1. The summed E-state index contributed by atoms with van der Waals surface area (Å²) in [5.74, 6) is -0.368. The van der Waals surface area contributed by atoms with Crippen molar-refractivity contribution in [2.45, 2.75) is 25.2 Å². The summed E-state index contributed by atoms with van der Waals surface area (Å²) < 4.78 is 27.6. The number of amides is 1. The van der Waals surface area contributed by atoms with Crippen molar-refractivity contribution in [2.75, 3.05) is 4.72 Å². The third-order valence-electron chi connectivity index (χ3n) is 3.67. The van der Waals surface area contributed by atoms with E-state index >= 15 is 0 Å². The molecule has 1 amide bonds. The molecule has 0 saturated heterocycles. The molecule has 0 atom stereocenters. The number of hydrogen-bond acceptors (Lipinski definition) is 3. The Balaban J connectivity index is -0.00000136. The zero-order chi connectivity index (χ0) is 20.4. The second-order valence-electron chi connectivity index (χ2n) is 5.64. The second-order valence-corrected chi connectivity index (χ2v) is 7.32. The van der Waals surface area contributed by atoms with Gasteiger partial charge in [-0.15, -0.1) is 0 Å². The largest absolute Gasteiger partial charge is 0.358 e. The first-order valence-corrected chi connectivity index (χ1v) is 10.6. The van der Waals surface area contributed by atoms with Crippen LogP contribution in [0.15, 0.2) is 95.6 Å². The molecule has 161 valence electrons. The van der Waals surface area contributed by atoms with Crippen molar-refractivity contribution in [2.24, 2.45) is 0 Å². The summed E-state index contributed by atoms with van der Waals surface area (Å²) in [6.07, 6.45) is 10.2. The fourth-order valence-corrected chi connectivity index (χ4v) is 3.49. The molecule has 1 aliphatic rings. The van der Waals surface area contributed by atoms with Crippen LogP contribution in [0.4, 0.5) is 5.69 Å². The zero-order valence-corrected chi connectivity index (χ0v) is 21.2. The smallest absolute Gasteiger partial charge is 0.261 e. The van der Waals surface area contributed by atoms with Crippen molar-refractivity contribution in [3.8, 4) is 0 Å². The number of para-hydroxylation sites is 1. The summed E-state index contributed by atoms with van der Waals surface area (Å²) >= 11 is 0. The molecule has 1 aliphatic carbocycles. The first kappa shape index (κ1) is 28.0. The summed E-state index contributed by atoms with van der Waals surface area (Å²) in [5.41, 5.74) is 1.38. The molecule has 0 aromatic heterocycles. The van der Waals surface area contributed by atoms with Crippen LogP contribution in [0, 0.1) is 7.43 Å². The number of rotatable bonds is 5. The van der Waals surface area contributed by atoms with E-state index in [-0.39, 0.29) is 59.4 Å². The van der Waals surface area contributed by atoms with Crippen molar-refractivity contribution in [3.05, 3.63) is 104 Å². The number of hydrogen-bond donors (Lipinski definition) is 2. The molecule has 0 aliphatic heterocycles. The van der Waals surface area contributed by atoms with Crippen LogP contribution in [-0.2, 0) is 42.7 Å². The van der Waals surface area contributed by atoms with Gasteiger partial charge in [-0.25, -0.2) is 8.42 Å².